The van der Waals surface area contributed by atoms with Gasteiger partial charge in [-0.15, -0.1) is 0 Å². The monoisotopic (exact) mass is 290 g/mol. The molecule has 0 saturated carbocycles. The predicted octanol–water partition coefficient (Wildman–Crippen LogP) is 3.23. The summed E-state index contributed by atoms with van der Waals surface area (Å²) in [6.07, 6.45) is 0. The fourth-order valence-corrected chi connectivity index (χ4v) is 1.67. The zero-order chi connectivity index (χ0) is 12.5. The second-order valence-electron chi connectivity index (χ2n) is 4.39. The van der Waals surface area contributed by atoms with Crippen LogP contribution in [0.2, 0.25) is 0 Å². The summed E-state index contributed by atoms with van der Waals surface area (Å²) < 4.78 is 26.1. The molecule has 5 heteroatoms. The highest BCUT2D eigenvalue weighted by Gasteiger charge is 2.15. The van der Waals surface area contributed by atoms with Gasteiger partial charge in [0.2, 0.25) is 0 Å². The van der Waals surface area contributed by atoms with Gasteiger partial charge in [-0.3, -0.25) is 4.99 Å². The van der Waals surface area contributed by atoms with Crippen LogP contribution in [0, 0.1) is 11.6 Å². The van der Waals surface area contributed by atoms with Gasteiger partial charge in [-0.2, -0.15) is 0 Å². The Morgan fingerprint density at radius 3 is 2.38 bits per heavy atom. The molecule has 0 fully saturated rings. The number of nitrogens with two attached hydrogens (primary N) is 1. The van der Waals surface area contributed by atoms with Gasteiger partial charge in [0.05, 0.1) is 10.0 Å². The summed E-state index contributed by atoms with van der Waals surface area (Å²) in [7, 11) is 0. The largest absolute Gasteiger partial charge is 0.383 e. The molecule has 0 aliphatic heterocycles. The third-order valence-electron chi connectivity index (χ3n) is 1.77. The summed E-state index contributed by atoms with van der Waals surface area (Å²) in [6.45, 7) is 5.61. The summed E-state index contributed by atoms with van der Waals surface area (Å²) in [5.41, 5.74) is 5.72. The first-order valence-corrected chi connectivity index (χ1v) is 5.51. The minimum atomic E-state index is -0.954. The van der Waals surface area contributed by atoms with Crippen molar-refractivity contribution >= 4 is 21.8 Å². The minimum absolute atomic E-state index is 0.00185. The van der Waals surface area contributed by atoms with E-state index in [0.717, 1.165) is 6.07 Å². The third-order valence-corrected chi connectivity index (χ3v) is 2.54. The molecular weight excluding hydrogens is 278 g/mol. The fraction of sp³-hybridized carbons (Fsp3) is 0.364. The Hall–Kier alpha value is -0.970. The highest BCUT2D eigenvalue weighted by molar-refractivity contribution is 9.10. The van der Waals surface area contributed by atoms with Crippen molar-refractivity contribution in [1.82, 2.24) is 0 Å². The molecule has 0 heterocycles. The van der Waals surface area contributed by atoms with Crippen molar-refractivity contribution in [2.45, 2.75) is 26.3 Å². The van der Waals surface area contributed by atoms with E-state index < -0.39 is 11.6 Å². The van der Waals surface area contributed by atoms with E-state index in [1.54, 1.807) is 0 Å². The third kappa shape index (κ3) is 3.01. The first-order valence-electron chi connectivity index (χ1n) is 4.71. The Morgan fingerprint density at radius 1 is 1.31 bits per heavy atom. The maximum Gasteiger partial charge on any atom is 0.173 e. The lowest BCUT2D eigenvalue weighted by Crippen LogP contribution is -2.22. The molecule has 0 atom stereocenters. The Balaban J connectivity index is 3.26. The van der Waals surface area contributed by atoms with Crippen molar-refractivity contribution in [3.63, 3.8) is 0 Å². The second-order valence-corrected chi connectivity index (χ2v) is 5.18. The van der Waals surface area contributed by atoms with Gasteiger partial charge in [0, 0.05) is 5.56 Å². The number of hydrogen-bond acceptors (Lipinski definition) is 1. The molecule has 0 radical (unpaired) electrons. The lowest BCUT2D eigenvalue weighted by Gasteiger charge is -2.14. The standard InChI is InChI=1S/C11H13BrF2N2/c1-11(2,3)16-10(15)6-4-5-7(13)9(14)8(6)12/h4-5H,1-3H3,(H2,15,16). The van der Waals surface area contributed by atoms with Crippen LogP contribution in [0.15, 0.2) is 21.6 Å². The van der Waals surface area contributed by atoms with Gasteiger partial charge in [0.15, 0.2) is 11.6 Å². The van der Waals surface area contributed by atoms with E-state index >= 15 is 0 Å². The van der Waals surface area contributed by atoms with Crippen LogP contribution in [-0.2, 0) is 0 Å². The SMILES string of the molecule is CC(C)(C)N=C(N)c1ccc(F)c(F)c1Br. The van der Waals surface area contributed by atoms with E-state index in [2.05, 4.69) is 20.9 Å². The molecule has 1 aromatic carbocycles. The summed E-state index contributed by atoms with van der Waals surface area (Å²) in [4.78, 5) is 4.19. The average molecular weight is 291 g/mol. The molecular formula is C11H13BrF2N2. The van der Waals surface area contributed by atoms with Gasteiger partial charge in [0.1, 0.15) is 5.84 Å². The molecule has 0 aliphatic rings. The van der Waals surface area contributed by atoms with Crippen LogP contribution in [-0.4, -0.2) is 11.4 Å². The molecule has 1 aromatic rings. The summed E-state index contributed by atoms with van der Waals surface area (Å²) in [6, 6.07) is 2.42. The van der Waals surface area contributed by atoms with Crippen LogP contribution in [0.25, 0.3) is 0 Å². The molecule has 0 bridgehead atoms. The van der Waals surface area contributed by atoms with Crippen molar-refractivity contribution < 1.29 is 8.78 Å². The molecule has 0 aromatic heterocycles. The van der Waals surface area contributed by atoms with Gasteiger partial charge >= 0.3 is 0 Å². The van der Waals surface area contributed by atoms with Gasteiger partial charge < -0.3 is 5.73 Å². The normalized spacial score (nSPS) is 13.0. The zero-order valence-corrected chi connectivity index (χ0v) is 10.9. The van der Waals surface area contributed by atoms with Crippen LogP contribution in [0.3, 0.4) is 0 Å². The smallest absolute Gasteiger partial charge is 0.173 e. The number of nitrogens with zero attached hydrogens (tertiary/aromatic N) is 1. The number of benzene rings is 1. The lowest BCUT2D eigenvalue weighted by molar-refractivity contribution is 0.504. The minimum Gasteiger partial charge on any atom is -0.383 e. The maximum absolute atomic E-state index is 13.3. The van der Waals surface area contributed by atoms with Crippen LogP contribution in [0.1, 0.15) is 26.3 Å². The van der Waals surface area contributed by atoms with E-state index in [0.29, 0.717) is 5.56 Å². The van der Waals surface area contributed by atoms with Crippen LogP contribution < -0.4 is 5.73 Å². The summed E-state index contributed by atoms with van der Waals surface area (Å²) in [5.74, 6) is -1.69. The maximum atomic E-state index is 13.3. The van der Waals surface area contributed by atoms with E-state index in [1.807, 2.05) is 20.8 Å². The van der Waals surface area contributed by atoms with Crippen LogP contribution in [0.5, 0.6) is 0 Å². The number of amidine groups is 1. The number of aliphatic imine (C=N–C) groups is 1. The predicted molar refractivity (Wildman–Crippen MR) is 64.5 cm³/mol. The topological polar surface area (TPSA) is 38.4 Å². The van der Waals surface area contributed by atoms with Crippen molar-refractivity contribution in [2.24, 2.45) is 10.7 Å². The molecule has 88 valence electrons. The van der Waals surface area contributed by atoms with Crippen LogP contribution in [0.4, 0.5) is 8.78 Å². The van der Waals surface area contributed by atoms with E-state index in [9.17, 15) is 8.78 Å². The Kier molecular flexibility index (Phi) is 3.68. The highest BCUT2D eigenvalue weighted by atomic mass is 79.9. The van der Waals surface area contributed by atoms with Crippen molar-refractivity contribution in [2.75, 3.05) is 0 Å². The van der Waals surface area contributed by atoms with Crippen molar-refractivity contribution in [1.29, 1.82) is 0 Å². The lowest BCUT2D eigenvalue weighted by atomic mass is 10.1. The number of rotatable bonds is 1. The molecule has 2 N–H and O–H groups in total. The molecule has 0 amide bonds. The summed E-state index contributed by atoms with van der Waals surface area (Å²) >= 11 is 2.96. The van der Waals surface area contributed by atoms with Gasteiger partial charge in [-0.25, -0.2) is 8.78 Å². The molecule has 1 rings (SSSR count). The van der Waals surface area contributed by atoms with E-state index in [4.69, 9.17) is 5.73 Å². The molecule has 2 nitrogen and oxygen atoms in total. The Bertz CT molecular complexity index is 436. The van der Waals surface area contributed by atoms with E-state index in [-0.39, 0.29) is 15.8 Å². The fourth-order valence-electron chi connectivity index (χ4n) is 1.15. The van der Waals surface area contributed by atoms with Gasteiger partial charge in [-0.05, 0) is 48.8 Å². The number of halogens is 3. The first-order chi connectivity index (χ1) is 7.22. The summed E-state index contributed by atoms with van der Waals surface area (Å²) in [5, 5.41) is 0. The highest BCUT2D eigenvalue weighted by Crippen LogP contribution is 2.23. The molecule has 16 heavy (non-hydrogen) atoms. The van der Waals surface area contributed by atoms with Gasteiger partial charge in [0.25, 0.3) is 0 Å². The molecule has 0 aliphatic carbocycles. The number of hydrogen-bond donors (Lipinski definition) is 1. The van der Waals surface area contributed by atoms with Crippen LogP contribution >= 0.6 is 15.9 Å². The average Bonchev–Trinajstić information content (AvgIpc) is 2.11. The van der Waals surface area contributed by atoms with Gasteiger partial charge in [-0.1, -0.05) is 0 Å². The Morgan fingerprint density at radius 2 is 1.88 bits per heavy atom. The molecule has 0 spiro atoms. The Labute approximate surface area is 102 Å². The second kappa shape index (κ2) is 4.49. The quantitative estimate of drug-likeness (QED) is 0.481. The molecule has 0 saturated heterocycles. The van der Waals surface area contributed by atoms with Crippen molar-refractivity contribution in [3.05, 3.63) is 33.8 Å². The zero-order valence-electron chi connectivity index (χ0n) is 9.31. The first kappa shape index (κ1) is 13.1. The van der Waals surface area contributed by atoms with E-state index in [1.165, 1.54) is 6.07 Å². The van der Waals surface area contributed by atoms with Crippen molar-refractivity contribution in [3.8, 4) is 0 Å². The molecule has 0 unspecified atom stereocenters.